The van der Waals surface area contributed by atoms with Crippen molar-refractivity contribution in [3.63, 3.8) is 0 Å². The number of hydrogen-bond acceptors (Lipinski definition) is 3. The Labute approximate surface area is 102 Å². The van der Waals surface area contributed by atoms with E-state index in [2.05, 4.69) is 10.0 Å². The molecule has 1 saturated carbocycles. The molecule has 1 aliphatic carbocycles. The Bertz CT molecular complexity index is 392. The van der Waals surface area contributed by atoms with Crippen LogP contribution >= 0.6 is 0 Å². The van der Waals surface area contributed by atoms with Crippen molar-refractivity contribution in [2.45, 2.75) is 44.2 Å². The molecule has 0 aromatic rings. The number of hydrogen-bond donors (Lipinski definition) is 2. The lowest BCUT2D eigenvalue weighted by molar-refractivity contribution is -0.125. The molecule has 17 heavy (non-hydrogen) atoms. The van der Waals surface area contributed by atoms with E-state index in [1.807, 2.05) is 0 Å². The van der Waals surface area contributed by atoms with E-state index in [0.717, 1.165) is 25.7 Å². The van der Waals surface area contributed by atoms with Crippen LogP contribution in [0.1, 0.15) is 32.1 Å². The Balaban J connectivity index is 2.11. The molecule has 2 fully saturated rings. The first kappa shape index (κ1) is 12.8. The molecule has 1 unspecified atom stereocenters. The van der Waals surface area contributed by atoms with Gasteiger partial charge in [0, 0.05) is 19.6 Å². The predicted octanol–water partition coefficient (Wildman–Crippen LogP) is -0.416. The summed E-state index contributed by atoms with van der Waals surface area (Å²) in [6.07, 6.45) is 4.12. The van der Waals surface area contributed by atoms with Crippen molar-refractivity contribution < 1.29 is 13.2 Å². The monoisotopic (exact) mass is 261 g/mol. The van der Waals surface area contributed by atoms with Crippen LogP contribution < -0.4 is 10.0 Å². The fourth-order valence-corrected chi connectivity index (χ4v) is 3.80. The molecule has 0 bridgehead atoms. The summed E-state index contributed by atoms with van der Waals surface area (Å²) in [5, 5.41) is 2.53. The quantitative estimate of drug-likeness (QED) is 0.721. The molecule has 0 radical (unpaired) electrons. The van der Waals surface area contributed by atoms with Crippen molar-refractivity contribution in [3.05, 3.63) is 0 Å². The molecule has 1 saturated heterocycles. The van der Waals surface area contributed by atoms with Crippen molar-refractivity contribution in [2.24, 2.45) is 0 Å². The Morgan fingerprint density at radius 2 is 1.94 bits per heavy atom. The molecule has 2 N–H and O–H groups in total. The SMILES string of the molecule is CNC(=O)C1CCCCN1S(=O)(=O)NC1CC1. The van der Waals surface area contributed by atoms with E-state index in [0.29, 0.717) is 13.0 Å². The number of rotatable bonds is 4. The minimum atomic E-state index is -3.50. The highest BCUT2D eigenvalue weighted by Crippen LogP contribution is 2.24. The van der Waals surface area contributed by atoms with Gasteiger partial charge in [0.2, 0.25) is 5.91 Å². The van der Waals surface area contributed by atoms with Crippen molar-refractivity contribution in [1.29, 1.82) is 0 Å². The molecule has 1 amide bonds. The third kappa shape index (κ3) is 2.97. The van der Waals surface area contributed by atoms with Crippen LogP contribution in [0.25, 0.3) is 0 Å². The van der Waals surface area contributed by atoms with Crippen molar-refractivity contribution in [1.82, 2.24) is 14.3 Å². The minimum Gasteiger partial charge on any atom is -0.358 e. The lowest BCUT2D eigenvalue weighted by Gasteiger charge is -2.33. The van der Waals surface area contributed by atoms with Crippen molar-refractivity contribution in [3.8, 4) is 0 Å². The molecule has 0 aromatic heterocycles. The highest BCUT2D eigenvalue weighted by Gasteiger charge is 2.38. The van der Waals surface area contributed by atoms with Gasteiger partial charge in [0.1, 0.15) is 6.04 Å². The van der Waals surface area contributed by atoms with Gasteiger partial charge in [-0.3, -0.25) is 4.79 Å². The van der Waals surface area contributed by atoms with Gasteiger partial charge < -0.3 is 5.32 Å². The topological polar surface area (TPSA) is 78.5 Å². The maximum Gasteiger partial charge on any atom is 0.280 e. The molecule has 98 valence electrons. The first-order valence-corrected chi connectivity index (χ1v) is 7.49. The number of amides is 1. The number of nitrogens with zero attached hydrogens (tertiary/aromatic N) is 1. The summed E-state index contributed by atoms with van der Waals surface area (Å²) < 4.78 is 28.1. The van der Waals surface area contributed by atoms with Crippen LogP contribution in [0.15, 0.2) is 0 Å². The molecule has 2 rings (SSSR count). The van der Waals surface area contributed by atoms with Crippen LogP contribution in [0.5, 0.6) is 0 Å². The number of likely N-dealkylation sites (N-methyl/N-ethyl adjacent to an activating group) is 1. The van der Waals surface area contributed by atoms with Crippen LogP contribution in [-0.4, -0.2) is 44.3 Å². The fraction of sp³-hybridized carbons (Fsp3) is 0.900. The number of nitrogens with one attached hydrogen (secondary N) is 2. The van der Waals surface area contributed by atoms with E-state index in [-0.39, 0.29) is 11.9 Å². The summed E-state index contributed by atoms with van der Waals surface area (Å²) >= 11 is 0. The van der Waals surface area contributed by atoms with Gasteiger partial charge in [0.05, 0.1) is 0 Å². The highest BCUT2D eigenvalue weighted by atomic mass is 32.2. The highest BCUT2D eigenvalue weighted by molar-refractivity contribution is 7.87. The maximum atomic E-state index is 12.1. The van der Waals surface area contributed by atoms with E-state index in [4.69, 9.17) is 0 Å². The standard InChI is InChI=1S/C10H19N3O3S/c1-11-10(14)9-4-2-3-7-13(9)17(15,16)12-8-5-6-8/h8-9,12H,2-7H2,1H3,(H,11,14). The van der Waals surface area contributed by atoms with Gasteiger partial charge in [-0.2, -0.15) is 17.4 Å². The Hall–Kier alpha value is -0.660. The van der Waals surface area contributed by atoms with Gasteiger partial charge in [-0.1, -0.05) is 6.42 Å². The Kier molecular flexibility index (Phi) is 3.70. The maximum absolute atomic E-state index is 12.1. The Morgan fingerprint density at radius 1 is 1.24 bits per heavy atom. The predicted molar refractivity (Wildman–Crippen MR) is 63.5 cm³/mol. The smallest absolute Gasteiger partial charge is 0.280 e. The van der Waals surface area contributed by atoms with E-state index in [9.17, 15) is 13.2 Å². The van der Waals surface area contributed by atoms with E-state index < -0.39 is 16.3 Å². The van der Waals surface area contributed by atoms with Crippen LogP contribution in [0.3, 0.4) is 0 Å². The first-order chi connectivity index (χ1) is 8.04. The van der Waals surface area contributed by atoms with E-state index >= 15 is 0 Å². The molecule has 0 aromatic carbocycles. The van der Waals surface area contributed by atoms with Gasteiger partial charge in [-0.25, -0.2) is 0 Å². The number of carbonyl (C=O) groups is 1. The molecule has 1 atom stereocenters. The zero-order valence-electron chi connectivity index (χ0n) is 9.98. The summed E-state index contributed by atoms with van der Waals surface area (Å²) in [6.45, 7) is 0.431. The molecular formula is C10H19N3O3S. The summed E-state index contributed by atoms with van der Waals surface area (Å²) in [6, 6.07) is -0.475. The second kappa shape index (κ2) is 4.91. The summed E-state index contributed by atoms with van der Waals surface area (Å²) in [4.78, 5) is 11.7. The van der Waals surface area contributed by atoms with Gasteiger partial charge in [-0.15, -0.1) is 0 Å². The van der Waals surface area contributed by atoms with Crippen LogP contribution in [0, 0.1) is 0 Å². The van der Waals surface area contributed by atoms with Crippen molar-refractivity contribution >= 4 is 16.1 Å². The first-order valence-electron chi connectivity index (χ1n) is 6.05. The van der Waals surface area contributed by atoms with Gasteiger partial charge in [0.15, 0.2) is 0 Å². The summed E-state index contributed by atoms with van der Waals surface area (Å²) in [5.41, 5.74) is 0. The third-order valence-corrected chi connectivity index (χ3v) is 4.89. The summed E-state index contributed by atoms with van der Waals surface area (Å²) in [7, 11) is -1.96. The molecule has 6 nitrogen and oxygen atoms in total. The van der Waals surface area contributed by atoms with E-state index in [1.165, 1.54) is 11.4 Å². The van der Waals surface area contributed by atoms with Crippen LogP contribution in [0.2, 0.25) is 0 Å². The average molecular weight is 261 g/mol. The second-order valence-corrected chi connectivity index (χ2v) is 6.29. The minimum absolute atomic E-state index is 0.0762. The van der Waals surface area contributed by atoms with Crippen LogP contribution in [-0.2, 0) is 15.0 Å². The molecule has 1 aliphatic heterocycles. The zero-order chi connectivity index (χ0) is 12.5. The van der Waals surface area contributed by atoms with Gasteiger partial charge >= 0.3 is 0 Å². The lowest BCUT2D eigenvalue weighted by atomic mass is 10.0. The largest absolute Gasteiger partial charge is 0.358 e. The normalized spacial score (nSPS) is 26.8. The molecular weight excluding hydrogens is 242 g/mol. The fourth-order valence-electron chi connectivity index (χ4n) is 2.10. The Morgan fingerprint density at radius 3 is 2.53 bits per heavy atom. The van der Waals surface area contributed by atoms with Crippen LogP contribution in [0.4, 0.5) is 0 Å². The molecule has 2 aliphatic rings. The molecule has 0 spiro atoms. The summed E-state index contributed by atoms with van der Waals surface area (Å²) in [5.74, 6) is -0.217. The zero-order valence-corrected chi connectivity index (χ0v) is 10.8. The molecule has 1 heterocycles. The average Bonchev–Trinajstić information content (AvgIpc) is 3.11. The number of carbonyl (C=O) groups excluding carboxylic acids is 1. The van der Waals surface area contributed by atoms with Gasteiger partial charge in [-0.05, 0) is 25.7 Å². The van der Waals surface area contributed by atoms with E-state index in [1.54, 1.807) is 0 Å². The second-order valence-electron chi connectivity index (χ2n) is 4.63. The lowest BCUT2D eigenvalue weighted by Crippen LogP contribution is -2.54. The number of piperidine rings is 1. The van der Waals surface area contributed by atoms with Crippen molar-refractivity contribution in [2.75, 3.05) is 13.6 Å². The third-order valence-electron chi connectivity index (χ3n) is 3.20. The molecule has 7 heteroatoms. The van der Waals surface area contributed by atoms with Gasteiger partial charge in [0.25, 0.3) is 10.2 Å².